The second-order valence-corrected chi connectivity index (χ2v) is 8.80. The van der Waals surface area contributed by atoms with E-state index in [-0.39, 0.29) is 11.8 Å². The summed E-state index contributed by atoms with van der Waals surface area (Å²) in [5.74, 6) is 0.844. The van der Waals surface area contributed by atoms with Crippen molar-refractivity contribution in [3.05, 3.63) is 48.0 Å². The topological polar surface area (TPSA) is 94.9 Å². The van der Waals surface area contributed by atoms with Gasteiger partial charge in [-0.3, -0.25) is 9.48 Å². The van der Waals surface area contributed by atoms with Crippen molar-refractivity contribution >= 4 is 16.9 Å². The number of aryl methyl sites for hydroxylation is 2. The van der Waals surface area contributed by atoms with E-state index in [0.717, 1.165) is 40.8 Å². The van der Waals surface area contributed by atoms with Crippen LogP contribution in [0.25, 0.3) is 22.3 Å². The van der Waals surface area contributed by atoms with Crippen LogP contribution in [0.2, 0.25) is 0 Å². The summed E-state index contributed by atoms with van der Waals surface area (Å²) in [6.07, 6.45) is 7.40. The fourth-order valence-electron chi connectivity index (χ4n) is 4.42. The number of rotatable bonds is 4. The summed E-state index contributed by atoms with van der Waals surface area (Å²) in [6, 6.07) is 4.16. The number of imidazole rings is 1. The van der Waals surface area contributed by atoms with Crippen molar-refractivity contribution in [3.8, 4) is 11.3 Å². The summed E-state index contributed by atoms with van der Waals surface area (Å²) in [6.45, 7) is 7.43. The number of carbonyl (C=O) groups excluding carboxylic acids is 1. The highest BCUT2D eigenvalue weighted by atomic mass is 16.5. The Hall–Kier alpha value is -3.49. The zero-order valence-corrected chi connectivity index (χ0v) is 18.8. The van der Waals surface area contributed by atoms with Gasteiger partial charge in [-0.2, -0.15) is 5.10 Å². The average Bonchev–Trinajstić information content (AvgIpc) is 3.52. The number of hydrogen-bond acceptors (Lipinski definition) is 6. The smallest absolute Gasteiger partial charge is 0.276 e. The van der Waals surface area contributed by atoms with Gasteiger partial charge in [-0.15, -0.1) is 0 Å². The van der Waals surface area contributed by atoms with Crippen LogP contribution in [0, 0.1) is 6.92 Å². The minimum absolute atomic E-state index is 0.0716. The van der Waals surface area contributed by atoms with E-state index in [2.05, 4.69) is 39.7 Å². The Morgan fingerprint density at radius 3 is 2.62 bits per heavy atom. The van der Waals surface area contributed by atoms with Crippen LogP contribution in [0.5, 0.6) is 0 Å². The molecule has 5 heterocycles. The largest absolute Gasteiger partial charge is 0.361 e. The number of amides is 1. The summed E-state index contributed by atoms with van der Waals surface area (Å²) < 4.78 is 9.03. The van der Waals surface area contributed by atoms with Crippen LogP contribution < -0.4 is 0 Å². The Morgan fingerprint density at radius 2 is 2.00 bits per heavy atom. The molecule has 0 saturated carbocycles. The molecule has 5 rings (SSSR count). The van der Waals surface area contributed by atoms with Crippen molar-refractivity contribution in [2.75, 3.05) is 13.1 Å². The third-order valence-electron chi connectivity index (χ3n) is 6.16. The van der Waals surface area contributed by atoms with Gasteiger partial charge in [-0.25, -0.2) is 9.97 Å². The number of aromatic nitrogens is 6. The minimum atomic E-state index is -0.0716. The van der Waals surface area contributed by atoms with E-state index in [1.54, 1.807) is 17.7 Å². The quantitative estimate of drug-likeness (QED) is 0.487. The number of hydrogen-bond donors (Lipinski definition) is 0. The lowest BCUT2D eigenvalue weighted by atomic mass is 9.92. The van der Waals surface area contributed by atoms with Crippen LogP contribution in [-0.4, -0.2) is 53.4 Å². The fraction of sp³-hybridized carbons (Fsp3) is 0.435. The first kappa shape index (κ1) is 20.4. The van der Waals surface area contributed by atoms with Gasteiger partial charge in [0, 0.05) is 55.6 Å². The average molecular weight is 434 g/mol. The molecule has 0 aromatic carbocycles. The Kier molecular flexibility index (Phi) is 5.03. The van der Waals surface area contributed by atoms with Gasteiger partial charge >= 0.3 is 0 Å². The molecule has 9 heteroatoms. The molecular formula is C23H27N7O2. The van der Waals surface area contributed by atoms with Crippen molar-refractivity contribution in [1.82, 2.24) is 34.4 Å². The Balaban J connectivity index is 1.45. The summed E-state index contributed by atoms with van der Waals surface area (Å²) in [5, 5.41) is 8.20. The summed E-state index contributed by atoms with van der Waals surface area (Å²) >= 11 is 0. The Bertz CT molecular complexity index is 1270. The second-order valence-electron chi connectivity index (χ2n) is 8.80. The minimum Gasteiger partial charge on any atom is -0.361 e. The van der Waals surface area contributed by atoms with Gasteiger partial charge in [-0.05, 0) is 39.7 Å². The number of fused-ring (bicyclic) bond motifs is 1. The van der Waals surface area contributed by atoms with Crippen LogP contribution in [0.4, 0.5) is 0 Å². The van der Waals surface area contributed by atoms with Gasteiger partial charge < -0.3 is 14.0 Å². The highest BCUT2D eigenvalue weighted by Crippen LogP contribution is 2.34. The number of carbonyl (C=O) groups is 1. The third-order valence-corrected chi connectivity index (χ3v) is 6.16. The van der Waals surface area contributed by atoms with Crippen LogP contribution in [0.3, 0.4) is 0 Å². The van der Waals surface area contributed by atoms with Crippen molar-refractivity contribution in [2.24, 2.45) is 7.05 Å². The van der Waals surface area contributed by atoms with Gasteiger partial charge in [0.2, 0.25) is 0 Å². The first-order valence-electron chi connectivity index (χ1n) is 11.0. The molecule has 1 aliphatic heterocycles. The molecule has 0 unspecified atom stereocenters. The Labute approximate surface area is 186 Å². The standard InChI is InChI=1S/C23H27N7O2/c1-14(2)30-13-24-22-20(30)10-18(26-21(22)17-11-25-28(4)12-17)16-5-7-29(8-6-16)23(31)19-9-15(3)32-27-19/h9-14,16H,5-8H2,1-4H3. The van der Waals surface area contributed by atoms with E-state index in [1.165, 1.54) is 0 Å². The van der Waals surface area contributed by atoms with Gasteiger partial charge in [-0.1, -0.05) is 5.16 Å². The van der Waals surface area contributed by atoms with E-state index >= 15 is 0 Å². The number of likely N-dealkylation sites (tertiary alicyclic amines) is 1. The summed E-state index contributed by atoms with van der Waals surface area (Å²) in [7, 11) is 1.90. The maximum Gasteiger partial charge on any atom is 0.276 e. The molecule has 0 aliphatic carbocycles. The molecular weight excluding hydrogens is 406 g/mol. The highest BCUT2D eigenvalue weighted by molar-refractivity contribution is 5.92. The van der Waals surface area contributed by atoms with Gasteiger partial charge in [0.1, 0.15) is 17.0 Å². The third kappa shape index (κ3) is 3.57. The lowest BCUT2D eigenvalue weighted by Gasteiger charge is -2.31. The second kappa shape index (κ2) is 7.89. The van der Waals surface area contributed by atoms with E-state index in [0.29, 0.717) is 30.6 Å². The normalized spacial score (nSPS) is 15.2. The van der Waals surface area contributed by atoms with Crippen molar-refractivity contribution < 1.29 is 9.32 Å². The number of piperidine rings is 1. The first-order chi connectivity index (χ1) is 15.4. The van der Waals surface area contributed by atoms with Crippen LogP contribution in [-0.2, 0) is 7.05 Å². The zero-order chi connectivity index (χ0) is 22.4. The SMILES string of the molecule is Cc1cc(C(=O)N2CCC(c3cc4c(ncn4C(C)C)c(-c4cnn(C)c4)n3)CC2)no1. The summed E-state index contributed by atoms with van der Waals surface area (Å²) in [5.41, 5.74) is 5.22. The maximum absolute atomic E-state index is 12.7. The van der Waals surface area contributed by atoms with Crippen LogP contribution in [0.1, 0.15) is 60.6 Å². The molecule has 4 aromatic heterocycles. The molecule has 32 heavy (non-hydrogen) atoms. The van der Waals surface area contributed by atoms with E-state index < -0.39 is 0 Å². The molecule has 1 saturated heterocycles. The predicted octanol–water partition coefficient (Wildman–Crippen LogP) is 3.73. The molecule has 4 aromatic rings. The number of pyridine rings is 1. The van der Waals surface area contributed by atoms with Crippen LogP contribution >= 0.6 is 0 Å². The highest BCUT2D eigenvalue weighted by Gasteiger charge is 2.28. The van der Waals surface area contributed by atoms with Crippen molar-refractivity contribution in [2.45, 2.75) is 45.6 Å². The van der Waals surface area contributed by atoms with E-state index in [4.69, 9.17) is 9.51 Å². The monoisotopic (exact) mass is 433 g/mol. The van der Waals surface area contributed by atoms with E-state index in [1.807, 2.05) is 30.7 Å². The lowest BCUT2D eigenvalue weighted by Crippen LogP contribution is -2.38. The molecule has 0 radical (unpaired) electrons. The first-order valence-corrected chi connectivity index (χ1v) is 11.0. The molecule has 9 nitrogen and oxygen atoms in total. The van der Waals surface area contributed by atoms with Gasteiger partial charge in [0.25, 0.3) is 5.91 Å². The van der Waals surface area contributed by atoms with Crippen LogP contribution in [0.15, 0.2) is 35.4 Å². The molecule has 1 amide bonds. The Morgan fingerprint density at radius 1 is 1.22 bits per heavy atom. The van der Waals surface area contributed by atoms with Crippen molar-refractivity contribution in [3.63, 3.8) is 0 Å². The molecule has 0 N–H and O–H groups in total. The van der Waals surface area contributed by atoms with Gasteiger partial charge in [0.15, 0.2) is 5.69 Å². The van der Waals surface area contributed by atoms with Gasteiger partial charge in [0.05, 0.1) is 18.0 Å². The molecule has 0 bridgehead atoms. The van der Waals surface area contributed by atoms with Crippen molar-refractivity contribution in [1.29, 1.82) is 0 Å². The molecule has 1 fully saturated rings. The predicted molar refractivity (Wildman–Crippen MR) is 119 cm³/mol. The molecule has 166 valence electrons. The maximum atomic E-state index is 12.7. The zero-order valence-electron chi connectivity index (χ0n) is 18.8. The van der Waals surface area contributed by atoms with E-state index in [9.17, 15) is 4.79 Å². The molecule has 0 atom stereocenters. The summed E-state index contributed by atoms with van der Waals surface area (Å²) in [4.78, 5) is 24.3. The lowest BCUT2D eigenvalue weighted by molar-refractivity contribution is 0.0701. The number of nitrogens with zero attached hydrogens (tertiary/aromatic N) is 7. The fourth-order valence-corrected chi connectivity index (χ4v) is 4.42. The molecule has 0 spiro atoms. The molecule has 1 aliphatic rings.